The van der Waals surface area contributed by atoms with Crippen molar-refractivity contribution in [3.05, 3.63) is 90.5 Å². The molecule has 9 heteroatoms. The first-order valence-corrected chi connectivity index (χ1v) is 11.4. The van der Waals surface area contributed by atoms with Crippen LogP contribution < -0.4 is 10.6 Å². The van der Waals surface area contributed by atoms with Gasteiger partial charge in [0, 0.05) is 29.9 Å². The Hall–Kier alpha value is -2.78. The van der Waals surface area contributed by atoms with Crippen LogP contribution >= 0.6 is 23.8 Å². The van der Waals surface area contributed by atoms with Crippen molar-refractivity contribution in [1.29, 1.82) is 0 Å². The first-order valence-electron chi connectivity index (χ1n) is 9.14. The molecule has 0 bridgehead atoms. The van der Waals surface area contributed by atoms with Crippen molar-refractivity contribution >= 4 is 56.6 Å². The molecule has 162 valence electrons. The summed E-state index contributed by atoms with van der Waals surface area (Å²) in [4.78, 5) is 12.2. The third-order valence-corrected chi connectivity index (χ3v) is 6.37. The minimum absolute atomic E-state index is 0.0735. The van der Waals surface area contributed by atoms with Crippen LogP contribution in [0.4, 0.5) is 5.69 Å². The van der Waals surface area contributed by atoms with Gasteiger partial charge in [-0.2, -0.15) is 4.31 Å². The molecule has 0 atom stereocenters. The van der Waals surface area contributed by atoms with Crippen LogP contribution in [-0.2, 0) is 14.8 Å². The summed E-state index contributed by atoms with van der Waals surface area (Å²) in [7, 11) is -3.69. The lowest BCUT2D eigenvalue weighted by atomic mass is 10.2. The van der Waals surface area contributed by atoms with Crippen LogP contribution in [0.15, 0.2) is 84.8 Å². The molecule has 2 aromatic rings. The van der Waals surface area contributed by atoms with Crippen molar-refractivity contribution < 1.29 is 13.2 Å². The van der Waals surface area contributed by atoms with E-state index in [1.54, 1.807) is 36.4 Å². The van der Waals surface area contributed by atoms with E-state index in [-0.39, 0.29) is 23.1 Å². The number of nitrogens with zero attached hydrogens (tertiary/aromatic N) is 1. The van der Waals surface area contributed by atoms with Gasteiger partial charge in [0.2, 0.25) is 15.9 Å². The lowest BCUT2D eigenvalue weighted by Crippen LogP contribution is -2.33. The Balaban J connectivity index is 2.00. The fraction of sp³-hybridized carbons (Fsp3) is 0.0909. The molecule has 0 saturated carbocycles. The van der Waals surface area contributed by atoms with E-state index in [0.717, 1.165) is 0 Å². The van der Waals surface area contributed by atoms with E-state index in [1.807, 2.05) is 6.07 Å². The predicted molar refractivity (Wildman–Crippen MR) is 130 cm³/mol. The standard InChI is InChI=1S/C22H22ClN3O3S2/c1-3-15-26(16-4-2)31(28,29)19-12-10-18(11-13-19)24-22(30)25-21(27)14-9-17-7-5-6-8-20(17)23/h3-14H,1-2,15-16H2,(H2,24,25,27,30). The Morgan fingerprint density at radius 2 is 1.68 bits per heavy atom. The number of carbonyl (C=O) groups excluding carboxylic acids is 1. The third-order valence-electron chi connectivity index (χ3n) is 3.97. The van der Waals surface area contributed by atoms with Crippen molar-refractivity contribution in [3.8, 4) is 0 Å². The topological polar surface area (TPSA) is 78.5 Å². The molecule has 0 saturated heterocycles. The molecule has 0 aliphatic rings. The molecule has 6 nitrogen and oxygen atoms in total. The maximum atomic E-state index is 12.7. The summed E-state index contributed by atoms with van der Waals surface area (Å²) in [5.74, 6) is -0.430. The van der Waals surface area contributed by atoms with Gasteiger partial charge >= 0.3 is 0 Å². The largest absolute Gasteiger partial charge is 0.332 e. The monoisotopic (exact) mass is 475 g/mol. The van der Waals surface area contributed by atoms with Gasteiger partial charge in [0.05, 0.1) is 4.90 Å². The van der Waals surface area contributed by atoms with E-state index in [1.165, 1.54) is 34.7 Å². The van der Waals surface area contributed by atoms with Crippen LogP contribution in [0.2, 0.25) is 5.02 Å². The molecule has 0 radical (unpaired) electrons. The molecule has 0 aliphatic carbocycles. The lowest BCUT2D eigenvalue weighted by Gasteiger charge is -2.19. The van der Waals surface area contributed by atoms with E-state index in [9.17, 15) is 13.2 Å². The van der Waals surface area contributed by atoms with E-state index >= 15 is 0 Å². The van der Waals surface area contributed by atoms with Gasteiger partial charge in [0.1, 0.15) is 0 Å². The second-order valence-electron chi connectivity index (χ2n) is 6.22. The van der Waals surface area contributed by atoms with Crippen LogP contribution in [0.1, 0.15) is 5.56 Å². The lowest BCUT2D eigenvalue weighted by molar-refractivity contribution is -0.115. The van der Waals surface area contributed by atoms with Gasteiger partial charge in [0.25, 0.3) is 0 Å². The Morgan fingerprint density at radius 3 is 2.26 bits per heavy atom. The summed E-state index contributed by atoms with van der Waals surface area (Å²) in [6.45, 7) is 7.51. The summed E-state index contributed by atoms with van der Waals surface area (Å²) >= 11 is 11.2. The van der Waals surface area contributed by atoms with Gasteiger partial charge in [0.15, 0.2) is 5.11 Å². The smallest absolute Gasteiger partial charge is 0.250 e. The molecule has 2 rings (SSSR count). The average Bonchev–Trinajstić information content (AvgIpc) is 2.73. The number of rotatable bonds is 9. The minimum atomic E-state index is -3.69. The van der Waals surface area contributed by atoms with Crippen LogP contribution in [-0.4, -0.2) is 36.8 Å². The van der Waals surface area contributed by atoms with E-state index in [2.05, 4.69) is 23.8 Å². The van der Waals surface area contributed by atoms with Gasteiger partial charge in [-0.3, -0.25) is 10.1 Å². The molecule has 0 spiro atoms. The molecular formula is C22H22ClN3O3S2. The van der Waals surface area contributed by atoms with Gasteiger partial charge < -0.3 is 5.32 Å². The van der Waals surface area contributed by atoms with Crippen molar-refractivity contribution in [2.24, 2.45) is 0 Å². The van der Waals surface area contributed by atoms with Crippen molar-refractivity contribution in [2.75, 3.05) is 18.4 Å². The first kappa shape index (κ1) is 24.5. The zero-order valence-corrected chi connectivity index (χ0v) is 19.0. The molecular weight excluding hydrogens is 454 g/mol. The van der Waals surface area contributed by atoms with Crippen LogP contribution in [0.25, 0.3) is 6.08 Å². The number of benzene rings is 2. The normalized spacial score (nSPS) is 11.3. The summed E-state index contributed by atoms with van der Waals surface area (Å²) < 4.78 is 26.7. The van der Waals surface area contributed by atoms with Crippen molar-refractivity contribution in [3.63, 3.8) is 0 Å². The maximum Gasteiger partial charge on any atom is 0.250 e. The first-order chi connectivity index (χ1) is 14.8. The maximum absolute atomic E-state index is 12.7. The molecule has 0 fully saturated rings. The number of amides is 1. The zero-order valence-electron chi connectivity index (χ0n) is 16.6. The minimum Gasteiger partial charge on any atom is -0.332 e. The van der Waals surface area contributed by atoms with E-state index in [0.29, 0.717) is 16.3 Å². The van der Waals surface area contributed by atoms with Gasteiger partial charge in [-0.15, -0.1) is 13.2 Å². The Labute approximate surface area is 193 Å². The number of anilines is 1. The number of halogens is 1. The van der Waals surface area contributed by atoms with E-state index < -0.39 is 15.9 Å². The number of hydrogen-bond acceptors (Lipinski definition) is 4. The molecule has 0 unspecified atom stereocenters. The summed E-state index contributed by atoms with van der Waals surface area (Å²) in [5.41, 5.74) is 1.23. The number of sulfonamides is 1. The number of carbonyl (C=O) groups is 1. The molecule has 0 aliphatic heterocycles. The third kappa shape index (κ3) is 7.15. The highest BCUT2D eigenvalue weighted by Crippen LogP contribution is 2.19. The fourth-order valence-corrected chi connectivity index (χ4v) is 4.31. The van der Waals surface area contributed by atoms with Crippen molar-refractivity contribution in [1.82, 2.24) is 9.62 Å². The quantitative estimate of drug-likeness (QED) is 0.322. The Kier molecular flexibility index (Phi) is 9.14. The Bertz CT molecular complexity index is 1090. The summed E-state index contributed by atoms with van der Waals surface area (Å²) in [5, 5.41) is 5.96. The summed E-state index contributed by atoms with van der Waals surface area (Å²) in [6, 6.07) is 13.2. The van der Waals surface area contributed by atoms with Crippen molar-refractivity contribution in [2.45, 2.75) is 4.90 Å². The predicted octanol–water partition coefficient (Wildman–Crippen LogP) is 4.23. The molecule has 2 N–H and O–H groups in total. The molecule has 1 amide bonds. The second kappa shape index (κ2) is 11.6. The van der Waals surface area contributed by atoms with Crippen LogP contribution in [0.5, 0.6) is 0 Å². The zero-order chi connectivity index (χ0) is 22.9. The van der Waals surface area contributed by atoms with Crippen LogP contribution in [0, 0.1) is 0 Å². The number of nitrogens with one attached hydrogen (secondary N) is 2. The number of thiocarbonyl (C=S) groups is 1. The van der Waals surface area contributed by atoms with Gasteiger partial charge in [-0.05, 0) is 54.2 Å². The molecule has 2 aromatic carbocycles. The second-order valence-corrected chi connectivity index (χ2v) is 8.98. The SMILES string of the molecule is C=CCN(CC=C)S(=O)(=O)c1ccc(NC(=S)NC(=O)C=Cc2ccccc2Cl)cc1. The Morgan fingerprint density at radius 1 is 1.06 bits per heavy atom. The van der Waals surface area contributed by atoms with E-state index in [4.69, 9.17) is 23.8 Å². The fourth-order valence-electron chi connectivity index (χ4n) is 2.51. The molecule has 0 aromatic heterocycles. The van der Waals surface area contributed by atoms with Crippen LogP contribution in [0.3, 0.4) is 0 Å². The summed E-state index contributed by atoms with van der Waals surface area (Å²) in [6.07, 6.45) is 5.92. The van der Waals surface area contributed by atoms with Gasteiger partial charge in [-0.1, -0.05) is 42.0 Å². The molecule has 31 heavy (non-hydrogen) atoms. The van der Waals surface area contributed by atoms with Gasteiger partial charge in [-0.25, -0.2) is 8.42 Å². The molecule has 0 heterocycles. The average molecular weight is 476 g/mol. The highest BCUT2D eigenvalue weighted by atomic mass is 35.5. The highest BCUT2D eigenvalue weighted by Gasteiger charge is 2.22. The highest BCUT2D eigenvalue weighted by molar-refractivity contribution is 7.89. The number of hydrogen-bond donors (Lipinski definition) is 2.